The third-order valence-electron chi connectivity index (χ3n) is 6.26. The first kappa shape index (κ1) is 20.7. The predicted molar refractivity (Wildman–Crippen MR) is 106 cm³/mol. The standard InChI is InChI=1S/C21H20F3N3O2S/c22-21(23,24)17-8-16(4-3-14(17)9-25)26-6-5-20(13-28)12-27(11-15(20)10-26)19(29)18-2-1-7-30-18/h1-4,7-8,15,28H,5-6,10-13H2/t15-,20+/m1/s1. The van der Waals surface area contributed by atoms with Crippen LogP contribution in [0.2, 0.25) is 0 Å². The number of nitrogens with zero attached hydrogens (tertiary/aromatic N) is 3. The molecular formula is C21H20F3N3O2S. The van der Waals surface area contributed by atoms with Gasteiger partial charge in [-0.3, -0.25) is 4.79 Å². The van der Waals surface area contributed by atoms with Crippen LogP contribution in [0.4, 0.5) is 18.9 Å². The lowest BCUT2D eigenvalue weighted by Crippen LogP contribution is -2.49. The van der Waals surface area contributed by atoms with Crippen LogP contribution in [0.25, 0.3) is 0 Å². The zero-order valence-electron chi connectivity index (χ0n) is 16.0. The zero-order valence-corrected chi connectivity index (χ0v) is 16.8. The van der Waals surface area contributed by atoms with Crippen LogP contribution in [-0.2, 0) is 6.18 Å². The molecule has 0 spiro atoms. The van der Waals surface area contributed by atoms with Crippen molar-refractivity contribution in [3.8, 4) is 6.07 Å². The molecule has 1 amide bonds. The Kier molecular flexibility index (Phi) is 5.24. The fraction of sp³-hybridized carbons (Fsp3) is 0.429. The number of alkyl halides is 3. The number of hydrogen-bond donors (Lipinski definition) is 1. The molecule has 1 aromatic carbocycles. The van der Waals surface area contributed by atoms with E-state index in [1.165, 1.54) is 23.5 Å². The van der Waals surface area contributed by atoms with Crippen LogP contribution in [-0.4, -0.2) is 48.7 Å². The summed E-state index contributed by atoms with van der Waals surface area (Å²) in [4.78, 5) is 17.0. The number of thiophene rings is 1. The Balaban J connectivity index is 1.57. The molecule has 1 aromatic heterocycles. The van der Waals surface area contributed by atoms with Crippen molar-refractivity contribution in [3.63, 3.8) is 0 Å². The van der Waals surface area contributed by atoms with Gasteiger partial charge in [-0.05, 0) is 36.1 Å². The lowest BCUT2D eigenvalue weighted by Gasteiger charge is -2.43. The molecule has 30 heavy (non-hydrogen) atoms. The maximum absolute atomic E-state index is 13.3. The molecule has 2 atom stereocenters. The number of piperidine rings is 1. The first-order valence-corrected chi connectivity index (χ1v) is 10.5. The second-order valence-corrected chi connectivity index (χ2v) is 8.86. The van der Waals surface area contributed by atoms with Gasteiger partial charge in [-0.1, -0.05) is 6.07 Å². The monoisotopic (exact) mass is 435 g/mol. The minimum Gasteiger partial charge on any atom is -0.396 e. The van der Waals surface area contributed by atoms with Crippen LogP contribution in [0.3, 0.4) is 0 Å². The molecule has 9 heteroatoms. The Morgan fingerprint density at radius 3 is 2.77 bits per heavy atom. The third-order valence-corrected chi connectivity index (χ3v) is 7.12. The predicted octanol–water partition coefficient (Wildman–Crippen LogP) is 3.60. The van der Waals surface area contributed by atoms with Crippen molar-refractivity contribution in [1.82, 2.24) is 4.90 Å². The highest BCUT2D eigenvalue weighted by Gasteiger charge is 2.50. The quantitative estimate of drug-likeness (QED) is 0.800. The molecule has 2 aliphatic heterocycles. The summed E-state index contributed by atoms with van der Waals surface area (Å²) < 4.78 is 40.0. The van der Waals surface area contributed by atoms with Crippen molar-refractivity contribution in [2.24, 2.45) is 11.3 Å². The molecule has 0 aliphatic carbocycles. The maximum Gasteiger partial charge on any atom is 0.417 e. The number of benzene rings is 1. The first-order valence-electron chi connectivity index (χ1n) is 9.57. The smallest absolute Gasteiger partial charge is 0.396 e. The van der Waals surface area contributed by atoms with Gasteiger partial charge in [0, 0.05) is 43.2 Å². The number of carbonyl (C=O) groups is 1. The van der Waals surface area contributed by atoms with Gasteiger partial charge in [-0.25, -0.2) is 0 Å². The molecule has 2 aromatic rings. The van der Waals surface area contributed by atoms with E-state index in [0.29, 0.717) is 43.2 Å². The van der Waals surface area contributed by atoms with Crippen molar-refractivity contribution in [2.45, 2.75) is 12.6 Å². The van der Waals surface area contributed by atoms with Gasteiger partial charge in [-0.2, -0.15) is 18.4 Å². The number of amides is 1. The van der Waals surface area contributed by atoms with Gasteiger partial charge in [0.1, 0.15) is 0 Å². The van der Waals surface area contributed by atoms with Crippen LogP contribution in [0, 0.1) is 22.7 Å². The molecule has 1 N–H and O–H groups in total. The van der Waals surface area contributed by atoms with Crippen LogP contribution >= 0.6 is 11.3 Å². The first-order chi connectivity index (χ1) is 14.3. The Morgan fingerprint density at radius 1 is 1.33 bits per heavy atom. The van der Waals surface area contributed by atoms with Crippen molar-refractivity contribution >= 4 is 22.9 Å². The molecule has 3 heterocycles. The van der Waals surface area contributed by atoms with Gasteiger partial charge >= 0.3 is 6.18 Å². The van der Waals surface area contributed by atoms with E-state index in [1.807, 2.05) is 16.3 Å². The minimum atomic E-state index is -4.61. The van der Waals surface area contributed by atoms with E-state index < -0.39 is 22.7 Å². The van der Waals surface area contributed by atoms with Gasteiger partial charge in [-0.15, -0.1) is 11.3 Å². The van der Waals surface area contributed by atoms with E-state index in [2.05, 4.69) is 0 Å². The summed E-state index contributed by atoms with van der Waals surface area (Å²) in [6.45, 7) is 1.75. The summed E-state index contributed by atoms with van der Waals surface area (Å²) in [6, 6.07) is 8.94. The van der Waals surface area contributed by atoms with E-state index in [1.54, 1.807) is 17.0 Å². The molecular weight excluding hydrogens is 415 g/mol. The maximum atomic E-state index is 13.3. The number of carbonyl (C=O) groups excluding carboxylic acids is 1. The molecule has 5 nitrogen and oxygen atoms in total. The van der Waals surface area contributed by atoms with Crippen molar-refractivity contribution in [3.05, 3.63) is 51.7 Å². The number of likely N-dealkylation sites (tertiary alicyclic amines) is 1. The Labute approximate surface area is 175 Å². The molecule has 0 saturated carbocycles. The topological polar surface area (TPSA) is 67.6 Å². The molecule has 2 aliphatic rings. The summed E-state index contributed by atoms with van der Waals surface area (Å²) in [7, 11) is 0. The molecule has 0 radical (unpaired) electrons. The summed E-state index contributed by atoms with van der Waals surface area (Å²) >= 11 is 1.37. The summed E-state index contributed by atoms with van der Waals surface area (Å²) in [5.74, 6) is -0.123. The van der Waals surface area contributed by atoms with Crippen LogP contribution < -0.4 is 4.90 Å². The Bertz CT molecular complexity index is 986. The highest BCUT2D eigenvalue weighted by atomic mass is 32.1. The molecule has 158 valence electrons. The number of hydrogen-bond acceptors (Lipinski definition) is 5. The summed E-state index contributed by atoms with van der Waals surface area (Å²) in [5, 5.41) is 21.0. The van der Waals surface area contributed by atoms with Crippen molar-refractivity contribution in [2.75, 3.05) is 37.7 Å². The number of nitriles is 1. The molecule has 0 unspecified atom stereocenters. The van der Waals surface area contributed by atoms with Gasteiger partial charge in [0.2, 0.25) is 0 Å². The van der Waals surface area contributed by atoms with Crippen LogP contribution in [0.5, 0.6) is 0 Å². The second-order valence-electron chi connectivity index (χ2n) is 7.92. The molecule has 4 rings (SSSR count). The molecule has 0 bridgehead atoms. The van der Waals surface area contributed by atoms with E-state index in [-0.39, 0.29) is 18.4 Å². The van der Waals surface area contributed by atoms with Gasteiger partial charge in [0.15, 0.2) is 0 Å². The number of aliphatic hydroxyl groups excluding tert-OH is 1. The largest absolute Gasteiger partial charge is 0.417 e. The average Bonchev–Trinajstić information content (AvgIpc) is 3.40. The van der Waals surface area contributed by atoms with Crippen molar-refractivity contribution in [1.29, 1.82) is 5.26 Å². The van der Waals surface area contributed by atoms with E-state index in [0.717, 1.165) is 6.07 Å². The second kappa shape index (κ2) is 7.60. The highest BCUT2D eigenvalue weighted by Crippen LogP contribution is 2.44. The normalized spacial score (nSPS) is 23.9. The van der Waals surface area contributed by atoms with Gasteiger partial charge < -0.3 is 14.9 Å². The Hall–Kier alpha value is -2.57. The number of anilines is 1. The number of halogens is 3. The zero-order chi connectivity index (χ0) is 21.5. The van der Waals surface area contributed by atoms with Gasteiger partial charge in [0.05, 0.1) is 28.7 Å². The van der Waals surface area contributed by atoms with Crippen LogP contribution in [0.15, 0.2) is 35.7 Å². The summed E-state index contributed by atoms with van der Waals surface area (Å²) in [6.07, 6.45) is -4.03. The Morgan fingerprint density at radius 2 is 2.13 bits per heavy atom. The average molecular weight is 435 g/mol. The fourth-order valence-corrected chi connectivity index (χ4v) is 5.24. The lowest BCUT2D eigenvalue weighted by molar-refractivity contribution is -0.137. The number of rotatable bonds is 3. The van der Waals surface area contributed by atoms with Crippen molar-refractivity contribution < 1.29 is 23.1 Å². The SMILES string of the molecule is N#Cc1ccc(N2CC[C@@]3(CO)CN(C(=O)c4cccs4)C[C@H]3C2)cc1C(F)(F)F. The number of aliphatic hydroxyl groups is 1. The van der Waals surface area contributed by atoms with E-state index in [9.17, 15) is 23.1 Å². The fourth-order valence-electron chi connectivity index (χ4n) is 4.55. The highest BCUT2D eigenvalue weighted by molar-refractivity contribution is 7.12. The lowest BCUT2D eigenvalue weighted by atomic mass is 9.73. The minimum absolute atomic E-state index is 0.0508. The number of fused-ring (bicyclic) bond motifs is 1. The van der Waals surface area contributed by atoms with Gasteiger partial charge in [0.25, 0.3) is 5.91 Å². The summed E-state index contributed by atoms with van der Waals surface area (Å²) in [5.41, 5.74) is -1.39. The van der Waals surface area contributed by atoms with E-state index >= 15 is 0 Å². The van der Waals surface area contributed by atoms with Crippen LogP contribution in [0.1, 0.15) is 27.2 Å². The molecule has 2 fully saturated rings. The third kappa shape index (κ3) is 3.55. The van der Waals surface area contributed by atoms with E-state index in [4.69, 9.17) is 5.26 Å². The molecule has 2 saturated heterocycles.